The Kier molecular flexibility index (Phi) is 4.82. The molecule has 6 nitrogen and oxygen atoms in total. The highest BCUT2D eigenvalue weighted by Gasteiger charge is 2.48. The summed E-state index contributed by atoms with van der Waals surface area (Å²) < 4.78 is 10.9. The highest BCUT2D eigenvalue weighted by atomic mass is 16.5. The Morgan fingerprint density at radius 2 is 2.17 bits per heavy atom. The fourth-order valence-electron chi connectivity index (χ4n) is 3.73. The van der Waals surface area contributed by atoms with E-state index in [1.54, 1.807) is 7.11 Å². The molecule has 2 N–H and O–H groups in total. The van der Waals surface area contributed by atoms with Crippen LogP contribution in [0.1, 0.15) is 31.4 Å². The number of pyridine rings is 1. The van der Waals surface area contributed by atoms with E-state index in [9.17, 15) is 4.79 Å². The number of ether oxygens (including phenoxy) is 2. The Labute approximate surface area is 137 Å². The smallest absolute Gasteiger partial charge is 0.243 e. The van der Waals surface area contributed by atoms with E-state index in [0.29, 0.717) is 5.88 Å². The number of hydrogen-bond donors (Lipinski definition) is 1. The lowest BCUT2D eigenvalue weighted by Gasteiger charge is -2.53. The molecule has 0 bridgehead atoms. The average molecular weight is 319 g/mol. The zero-order chi connectivity index (χ0) is 16.3. The van der Waals surface area contributed by atoms with Crippen molar-refractivity contribution in [1.82, 2.24) is 9.88 Å². The average Bonchev–Trinajstić information content (AvgIpc) is 2.54. The second kappa shape index (κ2) is 6.84. The van der Waals surface area contributed by atoms with Crippen LogP contribution < -0.4 is 10.5 Å². The molecule has 1 saturated carbocycles. The van der Waals surface area contributed by atoms with Gasteiger partial charge in [-0.25, -0.2) is 4.98 Å². The number of piperidine rings is 1. The summed E-state index contributed by atoms with van der Waals surface area (Å²) >= 11 is 0. The van der Waals surface area contributed by atoms with E-state index in [1.165, 1.54) is 6.42 Å². The second-order valence-electron chi connectivity index (χ2n) is 6.61. The highest BCUT2D eigenvalue weighted by molar-refractivity contribution is 5.75. The van der Waals surface area contributed by atoms with E-state index >= 15 is 0 Å². The van der Waals surface area contributed by atoms with Crippen molar-refractivity contribution < 1.29 is 14.3 Å². The molecular formula is C17H25N3O3. The summed E-state index contributed by atoms with van der Waals surface area (Å²) in [5.41, 5.74) is 6.47. The first-order valence-electron chi connectivity index (χ1n) is 8.23. The molecule has 0 radical (unpaired) electrons. The Morgan fingerprint density at radius 3 is 2.78 bits per heavy atom. The van der Waals surface area contributed by atoms with Gasteiger partial charge in [0.15, 0.2) is 0 Å². The summed E-state index contributed by atoms with van der Waals surface area (Å²) in [6.45, 7) is 2.97. The first-order chi connectivity index (χ1) is 11.1. The fourth-order valence-corrected chi connectivity index (χ4v) is 3.73. The van der Waals surface area contributed by atoms with Crippen LogP contribution in [0.25, 0.3) is 0 Å². The van der Waals surface area contributed by atoms with E-state index in [4.69, 9.17) is 15.2 Å². The van der Waals surface area contributed by atoms with Crippen molar-refractivity contribution in [2.45, 2.75) is 38.3 Å². The molecule has 6 heteroatoms. The third-order valence-electron chi connectivity index (χ3n) is 5.24. The number of nitrogens with zero attached hydrogens (tertiary/aromatic N) is 2. The van der Waals surface area contributed by atoms with Gasteiger partial charge >= 0.3 is 0 Å². The van der Waals surface area contributed by atoms with Crippen LogP contribution in [0.3, 0.4) is 0 Å². The number of carbonyl (C=O) groups is 1. The highest BCUT2D eigenvalue weighted by Crippen LogP contribution is 2.50. The van der Waals surface area contributed by atoms with Gasteiger partial charge < -0.3 is 15.2 Å². The van der Waals surface area contributed by atoms with E-state index in [2.05, 4.69) is 9.88 Å². The lowest BCUT2D eigenvalue weighted by molar-refractivity contribution is -0.150. The maximum Gasteiger partial charge on any atom is 0.243 e. The zero-order valence-corrected chi connectivity index (χ0v) is 13.7. The molecule has 23 heavy (non-hydrogen) atoms. The topological polar surface area (TPSA) is 77.7 Å². The maximum atomic E-state index is 10.9. The van der Waals surface area contributed by atoms with Gasteiger partial charge in [0.25, 0.3) is 0 Å². The normalized spacial score (nSPS) is 23.4. The van der Waals surface area contributed by atoms with Gasteiger partial charge in [-0.05, 0) is 50.3 Å². The Bertz CT molecular complexity index is 556. The number of carbonyl (C=O) groups excluding carboxylic acids is 1. The molecule has 1 aromatic heterocycles. The molecule has 1 unspecified atom stereocenters. The SMILES string of the molecule is COc1cccc(CN2CCC3(CCC3OCC(N)=O)CC2)n1. The molecule has 0 aromatic carbocycles. The van der Waals surface area contributed by atoms with Gasteiger partial charge in [0.2, 0.25) is 11.8 Å². The van der Waals surface area contributed by atoms with Crippen molar-refractivity contribution in [2.75, 3.05) is 26.8 Å². The predicted molar refractivity (Wildman–Crippen MR) is 85.9 cm³/mol. The minimum Gasteiger partial charge on any atom is -0.481 e. The van der Waals surface area contributed by atoms with E-state index in [0.717, 1.165) is 44.6 Å². The Hall–Kier alpha value is -1.66. The number of hydrogen-bond acceptors (Lipinski definition) is 5. The molecule has 3 rings (SSSR count). The van der Waals surface area contributed by atoms with Crippen LogP contribution in [0.4, 0.5) is 0 Å². The van der Waals surface area contributed by atoms with Crippen molar-refractivity contribution in [3.63, 3.8) is 0 Å². The molecule has 1 saturated heterocycles. The molecule has 126 valence electrons. The summed E-state index contributed by atoms with van der Waals surface area (Å²) in [7, 11) is 1.64. The number of likely N-dealkylation sites (tertiary alicyclic amines) is 1. The number of rotatable bonds is 6. The Morgan fingerprint density at radius 1 is 1.39 bits per heavy atom. The van der Waals surface area contributed by atoms with Crippen LogP contribution >= 0.6 is 0 Å². The van der Waals surface area contributed by atoms with Crippen molar-refractivity contribution in [1.29, 1.82) is 0 Å². The van der Waals surface area contributed by atoms with Crippen LogP contribution in [-0.4, -0.2) is 48.7 Å². The number of aromatic nitrogens is 1. The molecule has 1 atom stereocenters. The van der Waals surface area contributed by atoms with Crippen LogP contribution in [-0.2, 0) is 16.1 Å². The first-order valence-corrected chi connectivity index (χ1v) is 8.23. The lowest BCUT2D eigenvalue weighted by atomic mass is 9.60. The van der Waals surface area contributed by atoms with Gasteiger partial charge in [-0.1, -0.05) is 6.07 Å². The van der Waals surface area contributed by atoms with Crippen LogP contribution in [0.15, 0.2) is 18.2 Å². The van der Waals surface area contributed by atoms with Crippen molar-refractivity contribution in [3.8, 4) is 5.88 Å². The molecule has 1 spiro atoms. The second-order valence-corrected chi connectivity index (χ2v) is 6.61. The molecule has 2 heterocycles. The molecular weight excluding hydrogens is 294 g/mol. The van der Waals surface area contributed by atoms with Gasteiger partial charge in [0.1, 0.15) is 6.61 Å². The minimum atomic E-state index is -0.381. The maximum absolute atomic E-state index is 10.9. The largest absolute Gasteiger partial charge is 0.481 e. The number of nitrogens with two attached hydrogens (primary N) is 1. The molecule has 2 fully saturated rings. The monoisotopic (exact) mass is 319 g/mol. The van der Waals surface area contributed by atoms with Gasteiger partial charge in [-0.15, -0.1) is 0 Å². The molecule has 2 aliphatic rings. The van der Waals surface area contributed by atoms with Crippen molar-refractivity contribution in [3.05, 3.63) is 23.9 Å². The third-order valence-corrected chi connectivity index (χ3v) is 5.24. The number of primary amides is 1. The van der Waals surface area contributed by atoms with E-state index in [-0.39, 0.29) is 24.0 Å². The van der Waals surface area contributed by atoms with Crippen LogP contribution in [0.5, 0.6) is 5.88 Å². The summed E-state index contributed by atoms with van der Waals surface area (Å²) in [6, 6.07) is 5.88. The Balaban J connectivity index is 1.51. The summed E-state index contributed by atoms with van der Waals surface area (Å²) in [5.74, 6) is 0.281. The summed E-state index contributed by atoms with van der Waals surface area (Å²) in [5, 5.41) is 0. The van der Waals surface area contributed by atoms with Gasteiger partial charge in [0.05, 0.1) is 18.9 Å². The van der Waals surface area contributed by atoms with E-state index in [1.807, 2.05) is 18.2 Å². The summed E-state index contributed by atoms with van der Waals surface area (Å²) in [4.78, 5) is 17.8. The number of methoxy groups -OCH3 is 1. The lowest BCUT2D eigenvalue weighted by Crippen LogP contribution is -2.53. The van der Waals surface area contributed by atoms with Gasteiger partial charge in [-0.3, -0.25) is 9.69 Å². The van der Waals surface area contributed by atoms with Crippen LogP contribution in [0.2, 0.25) is 0 Å². The minimum absolute atomic E-state index is 0.0455. The van der Waals surface area contributed by atoms with Crippen molar-refractivity contribution in [2.24, 2.45) is 11.1 Å². The molecule has 1 aliphatic heterocycles. The number of amides is 1. The van der Waals surface area contributed by atoms with Crippen molar-refractivity contribution >= 4 is 5.91 Å². The first kappa shape index (κ1) is 16.2. The molecule has 1 amide bonds. The van der Waals surface area contributed by atoms with Gasteiger partial charge in [-0.2, -0.15) is 0 Å². The standard InChI is InChI=1S/C17H25N3O3/c1-22-16-4-2-3-13(19-16)11-20-9-7-17(8-10-20)6-5-14(17)23-12-15(18)21/h2-4,14H,5-12H2,1H3,(H2,18,21). The summed E-state index contributed by atoms with van der Waals surface area (Å²) in [6.07, 6.45) is 4.67. The van der Waals surface area contributed by atoms with Gasteiger partial charge in [0, 0.05) is 12.6 Å². The quantitative estimate of drug-likeness (QED) is 0.856. The van der Waals surface area contributed by atoms with E-state index < -0.39 is 0 Å². The third kappa shape index (κ3) is 3.64. The zero-order valence-electron chi connectivity index (χ0n) is 13.7. The molecule has 1 aromatic rings. The van der Waals surface area contributed by atoms with Crippen LogP contribution in [0, 0.1) is 5.41 Å². The fraction of sp³-hybridized carbons (Fsp3) is 0.647. The molecule has 1 aliphatic carbocycles. The predicted octanol–water partition coefficient (Wildman–Crippen LogP) is 1.34.